The smallest absolute Gasteiger partial charge is 0.246 e. The Hall–Kier alpha value is -3.36. The van der Waals surface area contributed by atoms with Crippen LogP contribution in [0.2, 0.25) is 0 Å². The summed E-state index contributed by atoms with van der Waals surface area (Å²) in [6, 6.07) is 9.34. The van der Waals surface area contributed by atoms with Crippen molar-refractivity contribution in [3.63, 3.8) is 0 Å². The molecule has 2 amide bonds. The number of aromatic nitrogens is 2. The first-order valence-electron chi connectivity index (χ1n) is 10.3. The number of guanidine groups is 1. The molecule has 9 heteroatoms. The number of amides is 2. The highest BCUT2D eigenvalue weighted by Crippen LogP contribution is 2.12. The number of nitrogens with one attached hydrogen (secondary N) is 3. The SMILES string of the molecule is CCNC(=NCc1cccc(NC(=O)Cn2cccn2)c1)NCC(=O)N1CCCC1. The summed E-state index contributed by atoms with van der Waals surface area (Å²) in [5.41, 5.74) is 1.66. The fourth-order valence-electron chi connectivity index (χ4n) is 3.24. The summed E-state index contributed by atoms with van der Waals surface area (Å²) in [5.74, 6) is 0.549. The predicted octanol–water partition coefficient (Wildman–Crippen LogP) is 1.20. The molecule has 30 heavy (non-hydrogen) atoms. The predicted molar refractivity (Wildman–Crippen MR) is 116 cm³/mol. The Bertz CT molecular complexity index is 858. The van der Waals surface area contributed by atoms with E-state index in [1.54, 1.807) is 23.1 Å². The van der Waals surface area contributed by atoms with Crippen LogP contribution in [0.25, 0.3) is 0 Å². The van der Waals surface area contributed by atoms with Gasteiger partial charge >= 0.3 is 0 Å². The van der Waals surface area contributed by atoms with Crippen molar-refractivity contribution in [3.8, 4) is 0 Å². The number of anilines is 1. The Morgan fingerprint density at radius 1 is 1.17 bits per heavy atom. The van der Waals surface area contributed by atoms with Gasteiger partial charge in [-0.2, -0.15) is 5.10 Å². The molecule has 1 aliphatic rings. The van der Waals surface area contributed by atoms with Gasteiger partial charge in [0.05, 0.1) is 13.1 Å². The van der Waals surface area contributed by atoms with Gasteiger partial charge in [-0.3, -0.25) is 14.3 Å². The molecule has 1 saturated heterocycles. The van der Waals surface area contributed by atoms with Gasteiger partial charge in [0.2, 0.25) is 11.8 Å². The fourth-order valence-corrected chi connectivity index (χ4v) is 3.24. The van der Waals surface area contributed by atoms with Crippen molar-refractivity contribution in [2.75, 3.05) is 31.5 Å². The molecule has 2 aromatic rings. The molecule has 0 spiro atoms. The Morgan fingerprint density at radius 3 is 2.73 bits per heavy atom. The van der Waals surface area contributed by atoms with E-state index in [2.05, 4.69) is 26.0 Å². The maximum absolute atomic E-state index is 12.2. The molecule has 1 aliphatic heterocycles. The highest BCUT2D eigenvalue weighted by molar-refractivity contribution is 5.90. The lowest BCUT2D eigenvalue weighted by Gasteiger charge is -2.17. The van der Waals surface area contributed by atoms with Gasteiger partial charge in [0, 0.05) is 37.7 Å². The summed E-state index contributed by atoms with van der Waals surface area (Å²) < 4.78 is 1.57. The maximum atomic E-state index is 12.2. The Kier molecular flexibility index (Phi) is 7.82. The van der Waals surface area contributed by atoms with Gasteiger partial charge in [-0.05, 0) is 43.5 Å². The molecule has 0 atom stereocenters. The number of aliphatic imine (C=N–C) groups is 1. The molecule has 2 heterocycles. The van der Waals surface area contributed by atoms with Crippen molar-refractivity contribution in [2.24, 2.45) is 4.99 Å². The molecule has 3 N–H and O–H groups in total. The van der Waals surface area contributed by atoms with E-state index in [0.717, 1.165) is 31.5 Å². The molecule has 160 valence electrons. The van der Waals surface area contributed by atoms with E-state index in [9.17, 15) is 9.59 Å². The zero-order chi connectivity index (χ0) is 21.2. The molecular formula is C21H29N7O2. The molecule has 0 saturated carbocycles. The lowest BCUT2D eigenvalue weighted by Crippen LogP contribution is -2.44. The van der Waals surface area contributed by atoms with Gasteiger partial charge in [0.15, 0.2) is 5.96 Å². The van der Waals surface area contributed by atoms with Crippen molar-refractivity contribution in [3.05, 3.63) is 48.3 Å². The molecule has 0 aliphatic carbocycles. The number of carbonyl (C=O) groups excluding carboxylic acids is 2. The molecule has 3 rings (SSSR count). The number of nitrogens with zero attached hydrogens (tertiary/aromatic N) is 4. The van der Waals surface area contributed by atoms with Crippen LogP contribution in [0.4, 0.5) is 5.69 Å². The summed E-state index contributed by atoms with van der Waals surface area (Å²) in [6.45, 7) is 5.18. The highest BCUT2D eigenvalue weighted by atomic mass is 16.2. The second-order valence-electron chi connectivity index (χ2n) is 7.09. The van der Waals surface area contributed by atoms with Crippen LogP contribution in [0.5, 0.6) is 0 Å². The minimum absolute atomic E-state index is 0.0972. The van der Waals surface area contributed by atoms with Gasteiger partial charge < -0.3 is 20.9 Å². The Morgan fingerprint density at radius 2 is 2.00 bits per heavy atom. The van der Waals surface area contributed by atoms with Crippen LogP contribution in [0.15, 0.2) is 47.7 Å². The van der Waals surface area contributed by atoms with E-state index in [4.69, 9.17) is 0 Å². The zero-order valence-corrected chi connectivity index (χ0v) is 17.3. The standard InChI is InChI=1S/C21H29N7O2/c1-2-22-21(24-15-20(30)27-10-3-4-11-27)23-14-17-7-5-8-18(13-17)26-19(29)16-28-12-6-9-25-28/h5-9,12-13H,2-4,10-11,14-16H2,1H3,(H,26,29)(H2,22,23,24). The number of rotatable bonds is 8. The van der Waals surface area contributed by atoms with Crippen molar-refractivity contribution in [2.45, 2.75) is 32.9 Å². The van der Waals surface area contributed by atoms with Gasteiger partial charge in [-0.1, -0.05) is 12.1 Å². The molecule has 1 aromatic heterocycles. The van der Waals surface area contributed by atoms with Gasteiger partial charge in [0.1, 0.15) is 6.54 Å². The second kappa shape index (κ2) is 11.0. The van der Waals surface area contributed by atoms with Crippen molar-refractivity contribution >= 4 is 23.5 Å². The quantitative estimate of drug-likeness (QED) is 0.447. The molecule has 0 radical (unpaired) electrons. The van der Waals surface area contributed by atoms with E-state index in [0.29, 0.717) is 24.7 Å². The molecule has 0 bridgehead atoms. The summed E-state index contributed by atoms with van der Waals surface area (Å²) in [6.07, 6.45) is 5.54. The van der Waals surface area contributed by atoms with E-state index < -0.39 is 0 Å². The lowest BCUT2D eigenvalue weighted by molar-refractivity contribution is -0.128. The number of carbonyl (C=O) groups is 2. The van der Waals surface area contributed by atoms with Crippen molar-refractivity contribution in [1.82, 2.24) is 25.3 Å². The van der Waals surface area contributed by atoms with Crippen LogP contribution >= 0.6 is 0 Å². The first-order valence-corrected chi connectivity index (χ1v) is 10.3. The fraction of sp³-hybridized carbons (Fsp3) is 0.429. The molecule has 1 fully saturated rings. The average Bonchev–Trinajstić information content (AvgIpc) is 3.44. The van der Waals surface area contributed by atoms with Crippen LogP contribution in [-0.4, -0.2) is 58.6 Å². The number of benzene rings is 1. The first-order chi connectivity index (χ1) is 14.6. The van der Waals surface area contributed by atoms with Crippen LogP contribution in [-0.2, 0) is 22.7 Å². The number of hydrogen-bond acceptors (Lipinski definition) is 4. The average molecular weight is 412 g/mol. The van der Waals surface area contributed by atoms with Crippen molar-refractivity contribution in [1.29, 1.82) is 0 Å². The summed E-state index contributed by atoms with van der Waals surface area (Å²) >= 11 is 0. The Balaban J connectivity index is 1.53. The first kappa shape index (κ1) is 21.4. The molecule has 9 nitrogen and oxygen atoms in total. The maximum Gasteiger partial charge on any atom is 0.246 e. The number of likely N-dealkylation sites (tertiary alicyclic amines) is 1. The lowest BCUT2D eigenvalue weighted by atomic mass is 10.2. The van der Waals surface area contributed by atoms with E-state index in [1.165, 1.54) is 0 Å². The molecule has 0 unspecified atom stereocenters. The normalized spacial score (nSPS) is 13.9. The summed E-state index contributed by atoms with van der Waals surface area (Å²) in [5, 5.41) is 13.2. The van der Waals surface area contributed by atoms with Crippen LogP contribution < -0.4 is 16.0 Å². The third-order valence-corrected chi connectivity index (χ3v) is 4.71. The monoisotopic (exact) mass is 411 g/mol. The zero-order valence-electron chi connectivity index (χ0n) is 17.3. The second-order valence-corrected chi connectivity index (χ2v) is 7.09. The molecule has 1 aromatic carbocycles. The van der Waals surface area contributed by atoms with Gasteiger partial charge in [-0.25, -0.2) is 4.99 Å². The summed E-state index contributed by atoms with van der Waals surface area (Å²) in [4.78, 5) is 30.8. The van der Waals surface area contributed by atoms with Crippen LogP contribution in [0, 0.1) is 0 Å². The third kappa shape index (κ3) is 6.61. The molecular weight excluding hydrogens is 382 g/mol. The topological polar surface area (TPSA) is 104 Å². The Labute approximate surface area is 176 Å². The summed E-state index contributed by atoms with van der Waals surface area (Å²) in [7, 11) is 0. The third-order valence-electron chi connectivity index (χ3n) is 4.71. The van der Waals surface area contributed by atoms with Crippen LogP contribution in [0.1, 0.15) is 25.3 Å². The number of hydrogen-bond donors (Lipinski definition) is 3. The largest absolute Gasteiger partial charge is 0.357 e. The van der Waals surface area contributed by atoms with Crippen molar-refractivity contribution < 1.29 is 9.59 Å². The highest BCUT2D eigenvalue weighted by Gasteiger charge is 2.17. The minimum Gasteiger partial charge on any atom is -0.357 e. The minimum atomic E-state index is -0.144. The van der Waals surface area contributed by atoms with E-state index in [-0.39, 0.29) is 24.9 Å². The van der Waals surface area contributed by atoms with Crippen LogP contribution in [0.3, 0.4) is 0 Å². The van der Waals surface area contributed by atoms with E-state index in [1.807, 2.05) is 36.1 Å². The van der Waals surface area contributed by atoms with Gasteiger partial charge in [-0.15, -0.1) is 0 Å². The van der Waals surface area contributed by atoms with E-state index >= 15 is 0 Å². The van der Waals surface area contributed by atoms with Gasteiger partial charge in [0.25, 0.3) is 0 Å².